The summed E-state index contributed by atoms with van der Waals surface area (Å²) in [5, 5.41) is 0. The molecule has 1 rings (SSSR count). The van der Waals surface area contributed by atoms with Crippen LogP contribution in [0.25, 0.3) is 0 Å². The van der Waals surface area contributed by atoms with Crippen LogP contribution in [0.1, 0.15) is 39.2 Å². The molecule has 0 spiro atoms. The molecular formula is C13H22O. The zero-order chi connectivity index (χ0) is 10.8. The van der Waals surface area contributed by atoms with Gasteiger partial charge in [0, 0.05) is 0 Å². The van der Waals surface area contributed by atoms with E-state index in [-0.39, 0.29) is 0 Å². The Morgan fingerprint density at radius 1 is 1.14 bits per heavy atom. The van der Waals surface area contributed by atoms with Crippen molar-refractivity contribution in [2.75, 3.05) is 7.11 Å². The second kappa shape index (κ2) is 8.61. The van der Waals surface area contributed by atoms with Gasteiger partial charge in [-0.2, -0.15) is 0 Å². The molecule has 0 aliphatic carbocycles. The zero-order valence-electron chi connectivity index (χ0n) is 9.84. The van der Waals surface area contributed by atoms with E-state index in [1.165, 1.54) is 18.4 Å². The molecule has 0 bridgehead atoms. The van der Waals surface area contributed by atoms with Crippen molar-refractivity contribution in [2.45, 2.75) is 40.0 Å². The molecule has 0 unspecified atom stereocenters. The molecule has 1 heteroatoms. The summed E-state index contributed by atoms with van der Waals surface area (Å²) in [7, 11) is 1.70. The summed E-state index contributed by atoms with van der Waals surface area (Å²) in [5.41, 5.74) is 1.35. The Bertz CT molecular complexity index is 230. The molecule has 80 valence electrons. The van der Waals surface area contributed by atoms with Crippen molar-refractivity contribution in [1.82, 2.24) is 0 Å². The van der Waals surface area contributed by atoms with Crippen LogP contribution in [0.15, 0.2) is 24.3 Å². The number of methoxy groups -OCH3 is 1. The van der Waals surface area contributed by atoms with E-state index in [2.05, 4.69) is 32.9 Å². The highest BCUT2D eigenvalue weighted by atomic mass is 16.5. The Hall–Kier alpha value is -0.980. The average molecular weight is 194 g/mol. The molecule has 0 fully saturated rings. The van der Waals surface area contributed by atoms with Crippen LogP contribution in [0, 0.1) is 0 Å². The Balaban J connectivity index is 0.000000500. The van der Waals surface area contributed by atoms with Crippen LogP contribution in [0.4, 0.5) is 0 Å². The maximum atomic E-state index is 5.10. The molecule has 1 aromatic rings. The molecule has 0 radical (unpaired) electrons. The highest BCUT2D eigenvalue weighted by Gasteiger charge is 1.92. The normalized spacial score (nSPS) is 8.86. The van der Waals surface area contributed by atoms with Crippen molar-refractivity contribution in [2.24, 2.45) is 0 Å². The molecule has 0 aromatic heterocycles. The molecule has 0 N–H and O–H groups in total. The summed E-state index contributed by atoms with van der Waals surface area (Å²) < 4.78 is 5.10. The smallest absolute Gasteiger partial charge is 0.119 e. The molecule has 0 aliphatic rings. The third-order valence-electron chi connectivity index (χ3n) is 1.67. The molecule has 0 amide bonds. The first-order valence-corrected chi connectivity index (χ1v) is 5.41. The van der Waals surface area contributed by atoms with Gasteiger partial charge in [-0.05, 0) is 24.1 Å². The SMILES string of the molecule is CCC.CCCc1cccc(OC)c1. The second-order valence-electron chi connectivity index (χ2n) is 3.31. The highest BCUT2D eigenvalue weighted by Crippen LogP contribution is 2.13. The summed E-state index contributed by atoms with van der Waals surface area (Å²) >= 11 is 0. The second-order valence-corrected chi connectivity index (χ2v) is 3.31. The monoisotopic (exact) mass is 194 g/mol. The van der Waals surface area contributed by atoms with Crippen molar-refractivity contribution in [3.05, 3.63) is 29.8 Å². The van der Waals surface area contributed by atoms with Crippen molar-refractivity contribution >= 4 is 0 Å². The molecule has 0 aliphatic heterocycles. The van der Waals surface area contributed by atoms with Gasteiger partial charge >= 0.3 is 0 Å². The standard InChI is InChI=1S/C10H14O.C3H8/c1-3-5-9-6-4-7-10(8-9)11-2;1-3-2/h4,6-8H,3,5H2,1-2H3;3H2,1-2H3. The summed E-state index contributed by atoms with van der Waals surface area (Å²) in [5.74, 6) is 0.955. The Labute approximate surface area is 88.1 Å². The zero-order valence-corrected chi connectivity index (χ0v) is 9.84. The predicted octanol–water partition coefficient (Wildman–Crippen LogP) is 4.06. The van der Waals surface area contributed by atoms with E-state index < -0.39 is 0 Å². The largest absolute Gasteiger partial charge is 0.497 e. The lowest BCUT2D eigenvalue weighted by Crippen LogP contribution is -1.86. The van der Waals surface area contributed by atoms with Gasteiger partial charge in [0.15, 0.2) is 0 Å². The van der Waals surface area contributed by atoms with Crippen LogP contribution in [-0.2, 0) is 6.42 Å². The maximum absolute atomic E-state index is 5.10. The van der Waals surface area contributed by atoms with Crippen LogP contribution in [-0.4, -0.2) is 7.11 Å². The third-order valence-corrected chi connectivity index (χ3v) is 1.67. The third kappa shape index (κ3) is 5.63. The molecular weight excluding hydrogens is 172 g/mol. The summed E-state index contributed by atoms with van der Waals surface area (Å²) in [6.07, 6.45) is 3.57. The lowest BCUT2D eigenvalue weighted by atomic mass is 10.1. The fourth-order valence-electron chi connectivity index (χ4n) is 1.12. The first-order valence-electron chi connectivity index (χ1n) is 5.41. The summed E-state index contributed by atoms with van der Waals surface area (Å²) in [4.78, 5) is 0. The topological polar surface area (TPSA) is 9.23 Å². The lowest BCUT2D eigenvalue weighted by Gasteiger charge is -2.01. The van der Waals surface area contributed by atoms with Crippen molar-refractivity contribution in [3.63, 3.8) is 0 Å². The van der Waals surface area contributed by atoms with Crippen molar-refractivity contribution < 1.29 is 4.74 Å². The molecule has 0 saturated carbocycles. The highest BCUT2D eigenvalue weighted by molar-refractivity contribution is 5.28. The van der Waals surface area contributed by atoms with E-state index in [1.54, 1.807) is 7.11 Å². The van der Waals surface area contributed by atoms with Crippen LogP contribution in [0.5, 0.6) is 5.75 Å². The number of ether oxygens (including phenoxy) is 1. The van der Waals surface area contributed by atoms with Crippen molar-refractivity contribution in [1.29, 1.82) is 0 Å². The fourth-order valence-corrected chi connectivity index (χ4v) is 1.12. The predicted molar refractivity (Wildman–Crippen MR) is 63.0 cm³/mol. The van der Waals surface area contributed by atoms with E-state index in [9.17, 15) is 0 Å². The van der Waals surface area contributed by atoms with Crippen molar-refractivity contribution in [3.8, 4) is 5.75 Å². The van der Waals surface area contributed by atoms with Gasteiger partial charge in [-0.15, -0.1) is 0 Å². The Morgan fingerprint density at radius 3 is 2.29 bits per heavy atom. The summed E-state index contributed by atoms with van der Waals surface area (Å²) in [6, 6.07) is 8.22. The average Bonchev–Trinajstić information content (AvgIpc) is 2.20. The van der Waals surface area contributed by atoms with Crippen LogP contribution in [0.3, 0.4) is 0 Å². The van der Waals surface area contributed by atoms with Gasteiger partial charge in [0.25, 0.3) is 0 Å². The molecule has 0 saturated heterocycles. The van der Waals surface area contributed by atoms with E-state index in [0.29, 0.717) is 0 Å². The van der Waals surface area contributed by atoms with Gasteiger partial charge in [0.2, 0.25) is 0 Å². The van der Waals surface area contributed by atoms with Gasteiger partial charge in [0.1, 0.15) is 5.75 Å². The molecule has 14 heavy (non-hydrogen) atoms. The van der Waals surface area contributed by atoms with E-state index in [0.717, 1.165) is 12.2 Å². The number of aryl methyl sites for hydroxylation is 1. The van der Waals surface area contributed by atoms with Crippen LogP contribution in [0.2, 0.25) is 0 Å². The molecule has 1 aromatic carbocycles. The number of hydrogen-bond donors (Lipinski definition) is 0. The lowest BCUT2D eigenvalue weighted by molar-refractivity contribution is 0.414. The van der Waals surface area contributed by atoms with Crippen LogP contribution < -0.4 is 4.74 Å². The van der Waals surface area contributed by atoms with E-state index >= 15 is 0 Å². The first kappa shape index (κ1) is 13.0. The minimum atomic E-state index is 0.955. The number of hydrogen-bond acceptors (Lipinski definition) is 1. The van der Waals surface area contributed by atoms with E-state index in [1.807, 2.05) is 12.1 Å². The molecule has 0 heterocycles. The van der Waals surface area contributed by atoms with Gasteiger partial charge in [-0.3, -0.25) is 0 Å². The quantitative estimate of drug-likeness (QED) is 0.705. The van der Waals surface area contributed by atoms with E-state index in [4.69, 9.17) is 4.74 Å². The van der Waals surface area contributed by atoms with Crippen LogP contribution >= 0.6 is 0 Å². The minimum Gasteiger partial charge on any atom is -0.497 e. The molecule has 1 nitrogen and oxygen atoms in total. The van der Waals surface area contributed by atoms with Gasteiger partial charge in [-0.25, -0.2) is 0 Å². The van der Waals surface area contributed by atoms with Gasteiger partial charge < -0.3 is 4.74 Å². The number of benzene rings is 1. The van der Waals surface area contributed by atoms with Gasteiger partial charge in [0.05, 0.1) is 7.11 Å². The number of rotatable bonds is 3. The van der Waals surface area contributed by atoms with Gasteiger partial charge in [-0.1, -0.05) is 45.7 Å². The first-order chi connectivity index (χ1) is 6.78. The molecule has 0 atom stereocenters. The fraction of sp³-hybridized carbons (Fsp3) is 0.538. The Kier molecular flexibility index (Phi) is 8.01. The maximum Gasteiger partial charge on any atom is 0.119 e. The minimum absolute atomic E-state index is 0.955. The Morgan fingerprint density at radius 2 is 1.79 bits per heavy atom. The summed E-state index contributed by atoms with van der Waals surface area (Å²) in [6.45, 7) is 6.43.